The summed E-state index contributed by atoms with van der Waals surface area (Å²) in [7, 11) is 1.50. The lowest BCUT2D eigenvalue weighted by Gasteiger charge is -2.13. The Morgan fingerprint density at radius 3 is 2.72 bits per heavy atom. The van der Waals surface area contributed by atoms with Crippen LogP contribution in [0, 0.1) is 0 Å². The third-order valence-corrected chi connectivity index (χ3v) is 3.41. The summed E-state index contributed by atoms with van der Waals surface area (Å²) in [6.45, 7) is 1.68. The molecule has 3 amide bonds. The lowest BCUT2D eigenvalue weighted by atomic mass is 10.2. The summed E-state index contributed by atoms with van der Waals surface area (Å²) in [6, 6.07) is 4.79. The van der Waals surface area contributed by atoms with Crippen LogP contribution in [0.3, 0.4) is 0 Å². The van der Waals surface area contributed by atoms with Gasteiger partial charge in [-0.25, -0.2) is 9.59 Å². The van der Waals surface area contributed by atoms with E-state index in [-0.39, 0.29) is 13.2 Å². The Morgan fingerprint density at radius 2 is 2.08 bits per heavy atom. The van der Waals surface area contributed by atoms with Gasteiger partial charge in [0.1, 0.15) is 0 Å². The van der Waals surface area contributed by atoms with Crippen LogP contribution in [-0.4, -0.2) is 56.2 Å². The molecule has 2 rings (SSSR count). The van der Waals surface area contributed by atoms with Crippen molar-refractivity contribution in [2.45, 2.75) is 6.92 Å². The van der Waals surface area contributed by atoms with Crippen LogP contribution in [-0.2, 0) is 14.3 Å². The molecule has 1 N–H and O–H groups in total. The standard InChI is InChI=1S/C17H20N2O6/c1-3-4-12-5-6-13(14(9-12)23-2)24-11-16(21)25-10-15(20)19-8-7-18-17(19)22/h3-6,9H,7-8,10-11H2,1-2H3,(H,18,22)/b4-3+. The molecule has 1 aromatic rings. The number of amides is 3. The first-order valence-electron chi connectivity index (χ1n) is 7.72. The van der Waals surface area contributed by atoms with E-state index < -0.39 is 24.5 Å². The Kier molecular flexibility index (Phi) is 6.39. The van der Waals surface area contributed by atoms with E-state index in [1.807, 2.05) is 25.1 Å². The van der Waals surface area contributed by atoms with Crippen molar-refractivity contribution in [3.63, 3.8) is 0 Å². The van der Waals surface area contributed by atoms with Gasteiger partial charge >= 0.3 is 12.0 Å². The van der Waals surface area contributed by atoms with E-state index in [9.17, 15) is 14.4 Å². The van der Waals surface area contributed by atoms with E-state index >= 15 is 0 Å². The van der Waals surface area contributed by atoms with Gasteiger partial charge in [0.15, 0.2) is 24.7 Å². The Hall–Kier alpha value is -3.03. The van der Waals surface area contributed by atoms with Gasteiger partial charge in [0.2, 0.25) is 0 Å². The molecule has 8 nitrogen and oxygen atoms in total. The molecule has 1 aromatic carbocycles. The van der Waals surface area contributed by atoms with Crippen molar-refractivity contribution in [1.82, 2.24) is 10.2 Å². The molecule has 1 aliphatic heterocycles. The highest BCUT2D eigenvalue weighted by atomic mass is 16.6. The van der Waals surface area contributed by atoms with Crippen LogP contribution in [0.25, 0.3) is 6.08 Å². The second-order valence-corrected chi connectivity index (χ2v) is 5.14. The summed E-state index contributed by atoms with van der Waals surface area (Å²) in [5.41, 5.74) is 0.934. The maximum absolute atomic E-state index is 11.8. The first-order valence-corrected chi connectivity index (χ1v) is 7.72. The highest BCUT2D eigenvalue weighted by Crippen LogP contribution is 2.28. The number of hydrogen-bond donors (Lipinski definition) is 1. The number of carbonyl (C=O) groups is 3. The number of allylic oxidation sites excluding steroid dienone is 1. The molecular weight excluding hydrogens is 328 g/mol. The Labute approximate surface area is 145 Å². The Balaban J connectivity index is 1.83. The van der Waals surface area contributed by atoms with Crippen molar-refractivity contribution < 1.29 is 28.6 Å². The molecule has 1 fully saturated rings. The maximum atomic E-state index is 11.8. The lowest BCUT2D eigenvalue weighted by Crippen LogP contribution is -2.37. The molecule has 1 heterocycles. The van der Waals surface area contributed by atoms with Crippen LogP contribution < -0.4 is 14.8 Å². The molecule has 8 heteroatoms. The third kappa shape index (κ3) is 4.97. The minimum Gasteiger partial charge on any atom is -0.493 e. The number of nitrogens with zero attached hydrogens (tertiary/aromatic N) is 1. The smallest absolute Gasteiger partial charge is 0.344 e. The number of methoxy groups -OCH3 is 1. The second-order valence-electron chi connectivity index (χ2n) is 5.14. The van der Waals surface area contributed by atoms with Crippen LogP contribution in [0.5, 0.6) is 11.5 Å². The summed E-state index contributed by atoms with van der Waals surface area (Å²) >= 11 is 0. The molecule has 134 valence electrons. The normalized spacial score (nSPS) is 13.7. The average molecular weight is 348 g/mol. The van der Waals surface area contributed by atoms with E-state index in [0.717, 1.165) is 10.5 Å². The molecule has 0 radical (unpaired) electrons. The summed E-state index contributed by atoms with van der Waals surface area (Å²) < 4.78 is 15.4. The molecule has 0 aliphatic carbocycles. The zero-order chi connectivity index (χ0) is 18.2. The SMILES string of the molecule is C/C=C/c1ccc(OCC(=O)OCC(=O)N2CCNC2=O)c(OC)c1. The fourth-order valence-corrected chi connectivity index (χ4v) is 2.21. The van der Waals surface area contributed by atoms with Gasteiger partial charge < -0.3 is 19.5 Å². The Bertz CT molecular complexity index is 686. The van der Waals surface area contributed by atoms with Crippen molar-refractivity contribution in [2.24, 2.45) is 0 Å². The average Bonchev–Trinajstić information content (AvgIpc) is 3.04. The van der Waals surface area contributed by atoms with Crippen LogP contribution in [0.1, 0.15) is 12.5 Å². The number of rotatable bonds is 7. The summed E-state index contributed by atoms with van der Waals surface area (Å²) in [5.74, 6) is -0.421. The van der Waals surface area contributed by atoms with Crippen molar-refractivity contribution in [1.29, 1.82) is 0 Å². The number of benzene rings is 1. The Morgan fingerprint density at radius 1 is 1.28 bits per heavy atom. The van der Waals surface area contributed by atoms with E-state index in [1.54, 1.807) is 12.1 Å². The summed E-state index contributed by atoms with van der Waals surface area (Å²) in [5, 5.41) is 2.49. The van der Waals surface area contributed by atoms with Crippen molar-refractivity contribution in [3.8, 4) is 11.5 Å². The molecule has 0 aromatic heterocycles. The van der Waals surface area contributed by atoms with Gasteiger partial charge in [-0.2, -0.15) is 0 Å². The van der Waals surface area contributed by atoms with Crippen molar-refractivity contribution in [2.75, 3.05) is 33.4 Å². The topological polar surface area (TPSA) is 94.2 Å². The molecule has 25 heavy (non-hydrogen) atoms. The van der Waals surface area contributed by atoms with E-state index in [2.05, 4.69) is 5.32 Å². The lowest BCUT2D eigenvalue weighted by molar-refractivity contribution is -0.152. The minimum atomic E-state index is -0.715. The highest BCUT2D eigenvalue weighted by molar-refractivity contribution is 5.96. The van der Waals surface area contributed by atoms with Crippen LogP contribution >= 0.6 is 0 Å². The predicted molar refractivity (Wildman–Crippen MR) is 89.3 cm³/mol. The largest absolute Gasteiger partial charge is 0.493 e. The minimum absolute atomic E-state index is 0.265. The number of urea groups is 1. The second kappa shape index (κ2) is 8.72. The number of nitrogens with one attached hydrogen (secondary N) is 1. The summed E-state index contributed by atoms with van der Waals surface area (Å²) in [6.07, 6.45) is 3.80. The number of esters is 1. The van der Waals surface area contributed by atoms with Gasteiger partial charge in [0.05, 0.1) is 7.11 Å². The molecular formula is C17H20N2O6. The number of ether oxygens (including phenoxy) is 3. The first kappa shape index (κ1) is 18.3. The molecule has 1 aliphatic rings. The number of imide groups is 1. The van der Waals surface area contributed by atoms with Crippen molar-refractivity contribution in [3.05, 3.63) is 29.8 Å². The van der Waals surface area contributed by atoms with Crippen LogP contribution in [0.2, 0.25) is 0 Å². The molecule has 0 spiro atoms. The van der Waals surface area contributed by atoms with Gasteiger partial charge in [-0.3, -0.25) is 9.69 Å². The van der Waals surface area contributed by atoms with Crippen LogP contribution in [0.4, 0.5) is 4.79 Å². The molecule has 0 unspecified atom stereocenters. The molecule has 1 saturated heterocycles. The van der Waals surface area contributed by atoms with Gasteiger partial charge in [-0.15, -0.1) is 0 Å². The molecule has 0 saturated carbocycles. The summed E-state index contributed by atoms with van der Waals surface area (Å²) in [4.78, 5) is 35.8. The number of hydrogen-bond acceptors (Lipinski definition) is 6. The fourth-order valence-electron chi connectivity index (χ4n) is 2.21. The number of carbonyl (C=O) groups excluding carboxylic acids is 3. The predicted octanol–water partition coefficient (Wildman–Crippen LogP) is 1.20. The van der Waals surface area contributed by atoms with E-state index in [0.29, 0.717) is 18.0 Å². The fraction of sp³-hybridized carbons (Fsp3) is 0.353. The highest BCUT2D eigenvalue weighted by Gasteiger charge is 2.26. The van der Waals surface area contributed by atoms with Crippen molar-refractivity contribution >= 4 is 24.0 Å². The zero-order valence-corrected chi connectivity index (χ0v) is 14.1. The maximum Gasteiger partial charge on any atom is 0.344 e. The molecule has 0 atom stereocenters. The van der Waals surface area contributed by atoms with Gasteiger partial charge in [-0.05, 0) is 24.6 Å². The third-order valence-electron chi connectivity index (χ3n) is 3.41. The van der Waals surface area contributed by atoms with Gasteiger partial charge in [-0.1, -0.05) is 18.2 Å². The first-order chi connectivity index (χ1) is 12.0. The molecule has 0 bridgehead atoms. The zero-order valence-electron chi connectivity index (χ0n) is 14.1. The van der Waals surface area contributed by atoms with Crippen LogP contribution in [0.15, 0.2) is 24.3 Å². The van der Waals surface area contributed by atoms with Gasteiger partial charge in [0, 0.05) is 13.1 Å². The van der Waals surface area contributed by atoms with E-state index in [4.69, 9.17) is 14.2 Å². The van der Waals surface area contributed by atoms with Gasteiger partial charge in [0.25, 0.3) is 5.91 Å². The quantitative estimate of drug-likeness (QED) is 0.744. The monoisotopic (exact) mass is 348 g/mol. The van der Waals surface area contributed by atoms with E-state index in [1.165, 1.54) is 7.11 Å².